The van der Waals surface area contributed by atoms with Gasteiger partial charge in [-0.05, 0) is 122 Å². The van der Waals surface area contributed by atoms with Crippen LogP contribution in [0, 0.1) is 11.8 Å². The molecule has 7 rings (SSSR count). The van der Waals surface area contributed by atoms with Gasteiger partial charge in [-0.25, -0.2) is 9.97 Å². The third kappa shape index (κ3) is 11.7. The molecular weight excluding hydrogens is 838 g/mol. The zero-order chi connectivity index (χ0) is 46.3. The molecule has 5 heterocycles. The van der Waals surface area contributed by atoms with E-state index in [1.54, 1.807) is 24.3 Å². The number of fused-ring (bicyclic) bond motifs is 1. The van der Waals surface area contributed by atoms with Gasteiger partial charge in [-0.2, -0.15) is 13.2 Å². The first-order valence-electron chi connectivity index (χ1n) is 23.8. The van der Waals surface area contributed by atoms with Crippen molar-refractivity contribution in [3.8, 4) is 0 Å². The Kier molecular flexibility index (Phi) is 16.0. The Morgan fingerprint density at radius 1 is 0.923 bits per heavy atom. The number of likely N-dealkylation sites (tertiary alicyclic amines) is 3. The summed E-state index contributed by atoms with van der Waals surface area (Å²) < 4.78 is 40.7. The molecule has 4 aliphatic rings. The van der Waals surface area contributed by atoms with Gasteiger partial charge in [0.1, 0.15) is 18.2 Å². The Bertz CT molecular complexity index is 2100. The largest absolute Gasteiger partial charge is 0.416 e. The summed E-state index contributed by atoms with van der Waals surface area (Å²) in [5.74, 6) is -0.501. The molecule has 3 saturated heterocycles. The van der Waals surface area contributed by atoms with Crippen molar-refractivity contribution in [2.24, 2.45) is 11.8 Å². The lowest BCUT2D eigenvalue weighted by Gasteiger charge is -2.45. The van der Waals surface area contributed by atoms with Gasteiger partial charge in [0.25, 0.3) is 0 Å². The van der Waals surface area contributed by atoms with Crippen LogP contribution in [-0.2, 0) is 25.4 Å². The van der Waals surface area contributed by atoms with Gasteiger partial charge in [0.05, 0.1) is 35.1 Å². The Morgan fingerprint density at radius 2 is 1.68 bits per heavy atom. The van der Waals surface area contributed by atoms with Crippen LogP contribution in [0.3, 0.4) is 0 Å². The predicted octanol–water partition coefficient (Wildman–Crippen LogP) is 6.19. The number of hydrogen-bond acceptors (Lipinski definition) is 10. The van der Waals surface area contributed by atoms with Crippen LogP contribution in [-0.4, -0.2) is 135 Å². The molecule has 0 bridgehead atoms. The van der Waals surface area contributed by atoms with Gasteiger partial charge in [0, 0.05) is 62.3 Å². The number of carbonyl (C=O) groups is 4. The quantitative estimate of drug-likeness (QED) is 0.126. The molecule has 1 aliphatic carbocycles. The highest BCUT2D eigenvalue weighted by Gasteiger charge is 2.45. The molecule has 0 radical (unpaired) electrons. The van der Waals surface area contributed by atoms with Gasteiger partial charge in [-0.1, -0.05) is 31.7 Å². The van der Waals surface area contributed by atoms with Gasteiger partial charge in [0.2, 0.25) is 23.6 Å². The molecule has 0 spiro atoms. The monoisotopic (exact) mass is 905 g/mol. The number of piperidine rings is 1. The summed E-state index contributed by atoms with van der Waals surface area (Å²) in [4.78, 5) is 74.4. The minimum absolute atomic E-state index is 0.0275. The van der Waals surface area contributed by atoms with E-state index in [1.807, 2.05) is 17.0 Å². The van der Waals surface area contributed by atoms with E-state index >= 15 is 0 Å². The molecule has 3 aromatic rings. The first-order chi connectivity index (χ1) is 31.2. The molecule has 4 fully saturated rings. The van der Waals surface area contributed by atoms with Gasteiger partial charge in [-0.15, -0.1) is 0 Å². The zero-order valence-corrected chi connectivity index (χ0v) is 38.4. The molecule has 6 atom stereocenters. The van der Waals surface area contributed by atoms with Gasteiger partial charge in [0.15, 0.2) is 0 Å². The van der Waals surface area contributed by atoms with E-state index in [4.69, 9.17) is 0 Å². The first-order valence-corrected chi connectivity index (χ1v) is 23.8. The molecule has 3 aliphatic heterocycles. The van der Waals surface area contributed by atoms with Gasteiger partial charge in [-0.3, -0.25) is 24.2 Å². The number of carbonyl (C=O) groups excluding carboxylic acids is 4. The lowest BCUT2D eigenvalue weighted by molar-refractivity contribution is -0.137. The second kappa shape index (κ2) is 21.6. The van der Waals surface area contributed by atoms with Crippen molar-refractivity contribution in [1.29, 1.82) is 0 Å². The van der Waals surface area contributed by atoms with Crippen molar-refractivity contribution in [1.82, 2.24) is 45.2 Å². The number of benzene rings is 1. The number of pyridine rings is 1. The number of aromatic nitrogens is 3. The van der Waals surface area contributed by atoms with Crippen molar-refractivity contribution in [2.75, 3.05) is 52.1 Å². The van der Waals surface area contributed by atoms with Gasteiger partial charge >= 0.3 is 6.18 Å². The van der Waals surface area contributed by atoms with E-state index in [1.165, 1.54) is 12.4 Å². The van der Waals surface area contributed by atoms with Crippen LogP contribution in [0.15, 0.2) is 49.1 Å². The third-order valence-electron chi connectivity index (χ3n) is 14.5. The van der Waals surface area contributed by atoms with Crippen LogP contribution >= 0.6 is 0 Å². The SMILES string of the molecule is CC(C)N(C)[C@@H]1CC[C@H](N2CC[C@H](Nc3ncnc4ccc(C(F)(F)F)cc34)C2=O)[C@H](NC(=O)C2CCN(CCCCCCCCNC(=O)[C@H]3CC(=O)N(C)[C@@H]3c3cccnc3)CC2)C1. The van der Waals surface area contributed by atoms with E-state index in [0.29, 0.717) is 31.1 Å². The summed E-state index contributed by atoms with van der Waals surface area (Å²) in [5.41, 5.74) is 0.426. The third-order valence-corrected chi connectivity index (χ3v) is 14.5. The molecule has 1 saturated carbocycles. The van der Waals surface area contributed by atoms with E-state index in [-0.39, 0.29) is 71.3 Å². The standard InChI is InChI=1S/C48H67F3N10O4/c1-31(2)58(3)35-14-16-41(61-25-19-39(47(61)65)56-44-36-26-34(48(49,50)51)13-15-38(36)54-30-55-44)40(27-35)57-45(63)32-17-23-60(24-18-32)22-10-8-6-5-7-9-21-53-46(64)37-28-42(62)59(4)43(37)33-12-11-20-52-29-33/h11-13,15,20,26,29-32,35,37,39-41,43H,5-10,14,16-19,21-25,27-28H2,1-4H3,(H,53,64)(H,57,63)(H,54,55,56)/t35-,37+,39+,40-,41+,43-/m1/s1. The minimum atomic E-state index is -4.53. The van der Waals surface area contributed by atoms with Crippen LogP contribution in [0.1, 0.15) is 114 Å². The van der Waals surface area contributed by atoms with E-state index < -0.39 is 23.7 Å². The maximum absolute atomic E-state index is 14.1. The van der Waals surface area contributed by atoms with Crippen molar-refractivity contribution < 1.29 is 32.3 Å². The van der Waals surface area contributed by atoms with Crippen LogP contribution in [0.4, 0.5) is 19.0 Å². The molecular formula is C48H67F3N10O4. The van der Waals surface area contributed by atoms with Crippen LogP contribution in [0.5, 0.6) is 0 Å². The molecule has 17 heteroatoms. The number of alkyl halides is 3. The Morgan fingerprint density at radius 3 is 2.40 bits per heavy atom. The average Bonchev–Trinajstić information content (AvgIpc) is 3.81. The highest BCUT2D eigenvalue weighted by atomic mass is 19.4. The molecule has 1 aromatic carbocycles. The number of halogens is 3. The summed E-state index contributed by atoms with van der Waals surface area (Å²) in [7, 11) is 3.87. The number of nitrogens with zero attached hydrogens (tertiary/aromatic N) is 7. The average molecular weight is 905 g/mol. The number of hydrogen-bond donors (Lipinski definition) is 3. The predicted molar refractivity (Wildman–Crippen MR) is 242 cm³/mol. The number of rotatable bonds is 18. The lowest BCUT2D eigenvalue weighted by atomic mass is 9.84. The van der Waals surface area contributed by atoms with E-state index in [0.717, 1.165) is 108 Å². The fraction of sp³-hybridized carbons (Fsp3) is 0.646. The normalized spacial score (nSPS) is 24.7. The van der Waals surface area contributed by atoms with Crippen LogP contribution in [0.2, 0.25) is 0 Å². The van der Waals surface area contributed by atoms with Crippen LogP contribution in [0.25, 0.3) is 10.9 Å². The maximum Gasteiger partial charge on any atom is 0.416 e. The molecule has 2 aromatic heterocycles. The fourth-order valence-electron chi connectivity index (χ4n) is 10.5. The molecule has 4 amide bonds. The van der Waals surface area contributed by atoms with Crippen molar-refractivity contribution in [3.05, 3.63) is 60.2 Å². The Hall–Kier alpha value is -4.90. The fourth-order valence-corrected chi connectivity index (χ4v) is 10.5. The Balaban J connectivity index is 0.830. The number of unbranched alkanes of at least 4 members (excludes halogenated alkanes) is 5. The van der Waals surface area contributed by atoms with Crippen LogP contribution < -0.4 is 16.0 Å². The summed E-state index contributed by atoms with van der Waals surface area (Å²) in [5, 5.41) is 9.86. The van der Waals surface area contributed by atoms with Crippen molar-refractivity contribution >= 4 is 40.3 Å². The molecule has 0 unspecified atom stereocenters. The molecule has 14 nitrogen and oxygen atoms in total. The first kappa shape index (κ1) is 48.0. The highest BCUT2D eigenvalue weighted by Crippen LogP contribution is 2.38. The highest BCUT2D eigenvalue weighted by molar-refractivity contribution is 5.93. The van der Waals surface area contributed by atoms with E-state index in [2.05, 4.69) is 61.6 Å². The summed E-state index contributed by atoms with van der Waals surface area (Å²) in [6.45, 7) is 8.14. The second-order valence-electron chi connectivity index (χ2n) is 19.0. The minimum Gasteiger partial charge on any atom is -0.358 e. The number of amides is 4. The van der Waals surface area contributed by atoms with Gasteiger partial charge < -0.3 is 35.6 Å². The second-order valence-corrected chi connectivity index (χ2v) is 19.0. The van der Waals surface area contributed by atoms with E-state index in [9.17, 15) is 32.3 Å². The van der Waals surface area contributed by atoms with Crippen molar-refractivity contribution in [2.45, 2.75) is 140 Å². The Labute approximate surface area is 380 Å². The molecule has 65 heavy (non-hydrogen) atoms. The maximum atomic E-state index is 14.1. The summed E-state index contributed by atoms with van der Waals surface area (Å²) in [6, 6.07) is 6.29. The summed E-state index contributed by atoms with van der Waals surface area (Å²) >= 11 is 0. The number of nitrogens with one attached hydrogen (secondary N) is 3. The zero-order valence-electron chi connectivity index (χ0n) is 38.4. The topological polar surface area (TPSA) is 156 Å². The smallest absolute Gasteiger partial charge is 0.358 e. The molecule has 354 valence electrons. The summed E-state index contributed by atoms with van der Waals surface area (Å²) in [6.07, 6.45) is 11.2. The van der Waals surface area contributed by atoms with Crippen molar-refractivity contribution in [3.63, 3.8) is 0 Å². The number of anilines is 1. The lowest BCUT2D eigenvalue weighted by Crippen LogP contribution is -2.59. The molecule has 3 N–H and O–H groups in total.